The number of allylic oxidation sites excluding steroid dienone is 2. The molecule has 5 rings (SSSR count). The first-order valence-electron chi connectivity index (χ1n) is 10.2. The Morgan fingerprint density at radius 2 is 1.17 bits per heavy atom. The predicted octanol–water partition coefficient (Wildman–Crippen LogP) is 7.21. The summed E-state index contributed by atoms with van der Waals surface area (Å²) < 4.78 is 5.38. The predicted molar refractivity (Wildman–Crippen MR) is 126 cm³/mol. The zero-order chi connectivity index (χ0) is 20.3. The van der Waals surface area contributed by atoms with E-state index in [1.165, 1.54) is 44.5 Å². The number of benzene rings is 4. The standard InChI is InChI=1S/C29H22O/c1-30-25-18-16-21(17-19-25)27-20-24-14-8-9-15-26(24)29(27)28(22-10-4-2-5-11-22)23-12-6-3-7-13-23/h2-20H,1H3. The van der Waals surface area contributed by atoms with E-state index < -0.39 is 0 Å². The minimum Gasteiger partial charge on any atom is -0.497 e. The number of methoxy groups -OCH3 is 1. The number of fused-ring (bicyclic) bond motifs is 1. The van der Waals surface area contributed by atoms with Gasteiger partial charge in [-0.3, -0.25) is 0 Å². The van der Waals surface area contributed by atoms with Gasteiger partial charge in [-0.15, -0.1) is 0 Å². The Morgan fingerprint density at radius 1 is 0.600 bits per heavy atom. The van der Waals surface area contributed by atoms with Gasteiger partial charge in [-0.1, -0.05) is 97.1 Å². The summed E-state index contributed by atoms with van der Waals surface area (Å²) in [5, 5.41) is 0. The largest absolute Gasteiger partial charge is 0.497 e. The highest BCUT2D eigenvalue weighted by atomic mass is 16.5. The molecule has 4 aromatic carbocycles. The molecule has 0 fully saturated rings. The summed E-state index contributed by atoms with van der Waals surface area (Å²) in [5.41, 5.74) is 9.91. The highest BCUT2D eigenvalue weighted by Crippen LogP contribution is 2.47. The topological polar surface area (TPSA) is 9.23 Å². The van der Waals surface area contributed by atoms with E-state index in [0.717, 1.165) is 5.75 Å². The van der Waals surface area contributed by atoms with Crippen LogP contribution in [0.5, 0.6) is 5.75 Å². The Bertz CT molecular complexity index is 1190. The van der Waals surface area contributed by atoms with Crippen molar-refractivity contribution in [2.75, 3.05) is 7.11 Å². The molecule has 1 aliphatic rings. The van der Waals surface area contributed by atoms with Crippen molar-refractivity contribution >= 4 is 22.8 Å². The van der Waals surface area contributed by atoms with Crippen molar-refractivity contribution in [2.45, 2.75) is 0 Å². The summed E-state index contributed by atoms with van der Waals surface area (Å²) in [6.07, 6.45) is 2.30. The molecule has 0 saturated heterocycles. The van der Waals surface area contributed by atoms with Crippen molar-refractivity contribution in [3.8, 4) is 5.75 Å². The number of hydrogen-bond acceptors (Lipinski definition) is 1. The number of rotatable bonds is 4. The van der Waals surface area contributed by atoms with Gasteiger partial charge in [0, 0.05) is 0 Å². The van der Waals surface area contributed by atoms with Gasteiger partial charge in [0.25, 0.3) is 0 Å². The van der Waals surface area contributed by atoms with Gasteiger partial charge in [0.1, 0.15) is 5.75 Å². The molecule has 0 bridgehead atoms. The molecular formula is C29H22O. The van der Waals surface area contributed by atoms with Gasteiger partial charge < -0.3 is 4.74 Å². The molecule has 0 unspecified atom stereocenters. The SMILES string of the molecule is COc1ccc(C2=Cc3ccccc3C2=C(c2ccccc2)c2ccccc2)cc1. The summed E-state index contributed by atoms with van der Waals surface area (Å²) in [6.45, 7) is 0. The summed E-state index contributed by atoms with van der Waals surface area (Å²) in [5.74, 6) is 0.867. The maximum atomic E-state index is 5.38. The van der Waals surface area contributed by atoms with Crippen LogP contribution in [-0.2, 0) is 0 Å². The van der Waals surface area contributed by atoms with E-state index >= 15 is 0 Å². The molecule has 0 amide bonds. The Morgan fingerprint density at radius 3 is 1.77 bits per heavy atom. The number of hydrogen-bond donors (Lipinski definition) is 0. The third kappa shape index (κ3) is 3.25. The van der Waals surface area contributed by atoms with Crippen LogP contribution in [0.25, 0.3) is 22.8 Å². The first-order valence-corrected chi connectivity index (χ1v) is 10.2. The molecule has 1 heteroatoms. The van der Waals surface area contributed by atoms with Crippen LogP contribution in [0.3, 0.4) is 0 Å². The zero-order valence-corrected chi connectivity index (χ0v) is 16.9. The summed E-state index contributed by atoms with van der Waals surface area (Å²) in [4.78, 5) is 0. The quantitative estimate of drug-likeness (QED) is 0.360. The average molecular weight is 386 g/mol. The molecule has 0 heterocycles. The monoisotopic (exact) mass is 386 g/mol. The average Bonchev–Trinajstić information content (AvgIpc) is 3.20. The Hall–Kier alpha value is -3.84. The van der Waals surface area contributed by atoms with Gasteiger partial charge in [0.15, 0.2) is 0 Å². The van der Waals surface area contributed by atoms with Gasteiger partial charge in [-0.25, -0.2) is 0 Å². The van der Waals surface area contributed by atoms with Crippen LogP contribution >= 0.6 is 0 Å². The first kappa shape index (κ1) is 18.2. The minimum absolute atomic E-state index is 0.867. The van der Waals surface area contributed by atoms with Crippen LogP contribution in [0, 0.1) is 0 Å². The lowest BCUT2D eigenvalue weighted by Gasteiger charge is -2.17. The molecule has 0 radical (unpaired) electrons. The van der Waals surface area contributed by atoms with Crippen LogP contribution < -0.4 is 4.74 Å². The molecule has 0 aliphatic heterocycles. The van der Waals surface area contributed by atoms with Gasteiger partial charge in [-0.2, -0.15) is 0 Å². The molecule has 1 aliphatic carbocycles. The maximum Gasteiger partial charge on any atom is 0.118 e. The van der Waals surface area contributed by atoms with Crippen molar-refractivity contribution in [3.63, 3.8) is 0 Å². The van der Waals surface area contributed by atoms with Crippen LogP contribution in [0.15, 0.2) is 109 Å². The van der Waals surface area contributed by atoms with Crippen molar-refractivity contribution in [2.24, 2.45) is 0 Å². The molecule has 0 spiro atoms. The molecule has 144 valence electrons. The Balaban J connectivity index is 1.82. The molecule has 4 aromatic rings. The summed E-state index contributed by atoms with van der Waals surface area (Å²) in [6, 6.07) is 38.3. The van der Waals surface area contributed by atoms with E-state index in [2.05, 4.69) is 103 Å². The molecule has 0 atom stereocenters. The second-order valence-electron chi connectivity index (χ2n) is 7.36. The second kappa shape index (κ2) is 7.88. The third-order valence-electron chi connectivity index (χ3n) is 5.58. The fraction of sp³-hybridized carbons (Fsp3) is 0.0345. The van der Waals surface area contributed by atoms with E-state index in [4.69, 9.17) is 4.74 Å². The maximum absolute atomic E-state index is 5.38. The second-order valence-corrected chi connectivity index (χ2v) is 7.36. The van der Waals surface area contributed by atoms with E-state index in [9.17, 15) is 0 Å². The van der Waals surface area contributed by atoms with Gasteiger partial charge >= 0.3 is 0 Å². The van der Waals surface area contributed by atoms with Crippen LogP contribution in [0.2, 0.25) is 0 Å². The Labute approximate surface area is 177 Å². The van der Waals surface area contributed by atoms with Gasteiger partial charge in [0.2, 0.25) is 0 Å². The van der Waals surface area contributed by atoms with Gasteiger partial charge in [0.05, 0.1) is 7.11 Å². The van der Waals surface area contributed by atoms with Crippen LogP contribution in [0.4, 0.5) is 0 Å². The van der Waals surface area contributed by atoms with Crippen molar-refractivity contribution < 1.29 is 4.74 Å². The number of ether oxygens (including phenoxy) is 1. The molecule has 30 heavy (non-hydrogen) atoms. The van der Waals surface area contributed by atoms with Crippen molar-refractivity contribution in [1.29, 1.82) is 0 Å². The normalized spacial score (nSPS) is 12.3. The Kier molecular flexibility index (Phi) is 4.78. The lowest BCUT2D eigenvalue weighted by Crippen LogP contribution is -1.96. The van der Waals surface area contributed by atoms with Gasteiger partial charge in [-0.05, 0) is 62.7 Å². The fourth-order valence-corrected chi connectivity index (χ4v) is 4.16. The van der Waals surface area contributed by atoms with E-state index in [1.807, 2.05) is 12.1 Å². The van der Waals surface area contributed by atoms with E-state index in [0.29, 0.717) is 0 Å². The molecule has 0 saturated carbocycles. The highest BCUT2D eigenvalue weighted by Gasteiger charge is 2.25. The smallest absolute Gasteiger partial charge is 0.118 e. The fourth-order valence-electron chi connectivity index (χ4n) is 4.16. The lowest BCUT2D eigenvalue weighted by atomic mass is 9.86. The van der Waals surface area contributed by atoms with Crippen LogP contribution in [0.1, 0.15) is 27.8 Å². The van der Waals surface area contributed by atoms with Crippen LogP contribution in [-0.4, -0.2) is 7.11 Å². The molecular weight excluding hydrogens is 364 g/mol. The summed E-state index contributed by atoms with van der Waals surface area (Å²) in [7, 11) is 1.70. The van der Waals surface area contributed by atoms with E-state index in [-0.39, 0.29) is 0 Å². The lowest BCUT2D eigenvalue weighted by molar-refractivity contribution is 0.415. The van der Waals surface area contributed by atoms with Crippen molar-refractivity contribution in [3.05, 3.63) is 137 Å². The van der Waals surface area contributed by atoms with Crippen molar-refractivity contribution in [1.82, 2.24) is 0 Å². The zero-order valence-electron chi connectivity index (χ0n) is 16.9. The summed E-state index contributed by atoms with van der Waals surface area (Å²) >= 11 is 0. The molecule has 0 N–H and O–H groups in total. The minimum atomic E-state index is 0.867. The first-order chi connectivity index (χ1) is 14.8. The van der Waals surface area contributed by atoms with E-state index in [1.54, 1.807) is 7.11 Å². The highest BCUT2D eigenvalue weighted by molar-refractivity contribution is 6.25. The molecule has 1 nitrogen and oxygen atoms in total. The molecule has 0 aromatic heterocycles. The third-order valence-corrected chi connectivity index (χ3v) is 5.58.